The molecule has 1 N–H and O–H groups in total. The van der Waals surface area contributed by atoms with E-state index in [2.05, 4.69) is 32.0 Å². The fourth-order valence-corrected chi connectivity index (χ4v) is 2.82. The van der Waals surface area contributed by atoms with Crippen LogP contribution in [-0.2, 0) is 13.6 Å². The highest BCUT2D eigenvalue weighted by Gasteiger charge is 2.15. The Balaban J connectivity index is 2.24. The molecule has 0 amide bonds. The number of rotatable bonds is 2. The Labute approximate surface area is 128 Å². The van der Waals surface area contributed by atoms with Gasteiger partial charge in [0.15, 0.2) is 15.9 Å². The average Bonchev–Trinajstić information content (AvgIpc) is 2.74. The number of nitrogens with one attached hydrogen (secondary N) is 1. The summed E-state index contributed by atoms with van der Waals surface area (Å²) in [5.41, 5.74) is 2.05. The predicted octanol–water partition coefficient (Wildman–Crippen LogP) is 1.54. The van der Waals surface area contributed by atoms with E-state index in [-0.39, 0.29) is 0 Å². The van der Waals surface area contributed by atoms with Crippen LogP contribution in [0, 0.1) is 6.92 Å². The van der Waals surface area contributed by atoms with Gasteiger partial charge in [0.05, 0.1) is 6.54 Å². The molecule has 2 aromatic heterocycles. The average molecular weight is 349 g/mol. The molecule has 0 aliphatic carbocycles. The minimum atomic E-state index is -0.472. The second-order valence-corrected chi connectivity index (χ2v) is 5.66. The van der Waals surface area contributed by atoms with Crippen molar-refractivity contribution in [2.24, 2.45) is 7.05 Å². The van der Waals surface area contributed by atoms with Gasteiger partial charge < -0.3 is 4.57 Å². The Morgan fingerprint density at radius 3 is 2.81 bits per heavy atom. The van der Waals surface area contributed by atoms with Gasteiger partial charge in [-0.3, -0.25) is 14.3 Å². The standard InChI is InChI=1S/C14H13BrN4O2/c1-8-4-3-5-9(6-8)7-19-10-11(16-13(19)15)18(2)14(21)17-12(10)20/h3-6H,7H2,1-2H3,(H,17,20,21). The van der Waals surface area contributed by atoms with Crippen LogP contribution in [0.1, 0.15) is 11.1 Å². The van der Waals surface area contributed by atoms with E-state index in [9.17, 15) is 9.59 Å². The maximum Gasteiger partial charge on any atom is 0.329 e. The summed E-state index contributed by atoms with van der Waals surface area (Å²) >= 11 is 3.36. The molecule has 0 atom stereocenters. The molecule has 3 rings (SSSR count). The summed E-state index contributed by atoms with van der Waals surface area (Å²) < 4.78 is 3.60. The quantitative estimate of drug-likeness (QED) is 0.714. The normalized spacial score (nSPS) is 11.2. The van der Waals surface area contributed by atoms with Crippen molar-refractivity contribution in [3.8, 4) is 0 Å². The maximum absolute atomic E-state index is 12.1. The van der Waals surface area contributed by atoms with Crippen molar-refractivity contribution >= 4 is 27.1 Å². The number of hydrogen-bond donors (Lipinski definition) is 1. The van der Waals surface area contributed by atoms with Gasteiger partial charge in [-0.2, -0.15) is 0 Å². The fourth-order valence-electron chi connectivity index (χ4n) is 2.35. The molecule has 0 aliphatic heterocycles. The monoisotopic (exact) mass is 348 g/mol. The smallest absolute Gasteiger partial charge is 0.308 e. The zero-order valence-electron chi connectivity index (χ0n) is 11.6. The molecule has 108 valence electrons. The summed E-state index contributed by atoms with van der Waals surface area (Å²) in [4.78, 5) is 30.3. The number of halogens is 1. The first-order valence-electron chi connectivity index (χ1n) is 6.38. The van der Waals surface area contributed by atoms with Gasteiger partial charge in [0.1, 0.15) is 0 Å². The van der Waals surface area contributed by atoms with E-state index in [1.165, 1.54) is 4.57 Å². The van der Waals surface area contributed by atoms with Crippen molar-refractivity contribution < 1.29 is 0 Å². The number of aromatic nitrogens is 4. The molecule has 0 fully saturated rings. The van der Waals surface area contributed by atoms with Crippen molar-refractivity contribution in [2.75, 3.05) is 0 Å². The minimum Gasteiger partial charge on any atom is -0.308 e. The Hall–Kier alpha value is -2.15. The van der Waals surface area contributed by atoms with Gasteiger partial charge in [0, 0.05) is 7.05 Å². The van der Waals surface area contributed by atoms with E-state index in [4.69, 9.17) is 0 Å². The van der Waals surface area contributed by atoms with Gasteiger partial charge in [0.2, 0.25) is 0 Å². The molecule has 0 saturated carbocycles. The lowest BCUT2D eigenvalue weighted by molar-refractivity contribution is 0.790. The van der Waals surface area contributed by atoms with Gasteiger partial charge in [-0.05, 0) is 28.4 Å². The van der Waals surface area contributed by atoms with Crippen LogP contribution < -0.4 is 11.2 Å². The fraction of sp³-hybridized carbons (Fsp3) is 0.214. The third kappa shape index (κ3) is 2.33. The second kappa shape index (κ2) is 5.00. The SMILES string of the molecule is Cc1cccc(Cn2c(Br)nc3c2c(=O)[nH]c(=O)n3C)c1. The van der Waals surface area contributed by atoms with Crippen LogP contribution in [0.5, 0.6) is 0 Å². The molecule has 0 unspecified atom stereocenters. The number of H-pyrrole nitrogens is 1. The number of aromatic amines is 1. The lowest BCUT2D eigenvalue weighted by atomic mass is 10.1. The summed E-state index contributed by atoms with van der Waals surface area (Å²) in [6, 6.07) is 8.02. The first-order chi connectivity index (χ1) is 9.97. The number of hydrogen-bond acceptors (Lipinski definition) is 3. The van der Waals surface area contributed by atoms with Crippen LogP contribution in [0.25, 0.3) is 11.2 Å². The number of fused-ring (bicyclic) bond motifs is 1. The number of benzene rings is 1. The highest BCUT2D eigenvalue weighted by atomic mass is 79.9. The molecule has 0 bridgehead atoms. The molecule has 0 spiro atoms. The highest BCUT2D eigenvalue weighted by Crippen LogP contribution is 2.18. The molecular formula is C14H13BrN4O2. The predicted molar refractivity (Wildman–Crippen MR) is 83.6 cm³/mol. The maximum atomic E-state index is 12.1. The number of aryl methyl sites for hydroxylation is 2. The van der Waals surface area contributed by atoms with Crippen LogP contribution in [-0.4, -0.2) is 19.1 Å². The molecule has 1 aromatic carbocycles. The van der Waals surface area contributed by atoms with Crippen molar-refractivity contribution in [3.05, 3.63) is 61.0 Å². The summed E-state index contributed by atoms with van der Waals surface area (Å²) in [7, 11) is 1.58. The van der Waals surface area contributed by atoms with E-state index in [1.807, 2.05) is 25.1 Å². The van der Waals surface area contributed by atoms with Crippen molar-refractivity contribution in [3.63, 3.8) is 0 Å². The van der Waals surface area contributed by atoms with E-state index < -0.39 is 11.2 Å². The second-order valence-electron chi connectivity index (χ2n) is 4.95. The first-order valence-corrected chi connectivity index (χ1v) is 7.17. The zero-order valence-corrected chi connectivity index (χ0v) is 13.1. The third-order valence-corrected chi connectivity index (χ3v) is 3.99. The summed E-state index contributed by atoms with van der Waals surface area (Å²) in [5.74, 6) is 0. The minimum absolute atomic E-state index is 0.364. The van der Waals surface area contributed by atoms with E-state index in [1.54, 1.807) is 11.6 Å². The Kier molecular flexibility index (Phi) is 3.29. The zero-order chi connectivity index (χ0) is 15.1. The Morgan fingerprint density at radius 2 is 2.10 bits per heavy atom. The van der Waals surface area contributed by atoms with Gasteiger partial charge >= 0.3 is 5.69 Å². The lowest BCUT2D eigenvalue weighted by Gasteiger charge is -2.06. The molecule has 2 heterocycles. The van der Waals surface area contributed by atoms with Crippen LogP contribution in [0.2, 0.25) is 0 Å². The highest BCUT2D eigenvalue weighted by molar-refractivity contribution is 9.10. The van der Waals surface area contributed by atoms with Gasteiger partial charge in [-0.25, -0.2) is 9.78 Å². The Morgan fingerprint density at radius 1 is 1.33 bits per heavy atom. The number of nitrogens with zero attached hydrogens (tertiary/aromatic N) is 3. The largest absolute Gasteiger partial charge is 0.329 e. The van der Waals surface area contributed by atoms with E-state index in [0.29, 0.717) is 22.4 Å². The third-order valence-electron chi connectivity index (χ3n) is 3.38. The molecular weight excluding hydrogens is 336 g/mol. The molecule has 3 aromatic rings. The molecule has 0 saturated heterocycles. The molecule has 21 heavy (non-hydrogen) atoms. The van der Waals surface area contributed by atoms with Gasteiger partial charge in [-0.15, -0.1) is 0 Å². The van der Waals surface area contributed by atoms with Crippen LogP contribution in [0.3, 0.4) is 0 Å². The topological polar surface area (TPSA) is 72.7 Å². The molecule has 0 radical (unpaired) electrons. The van der Waals surface area contributed by atoms with Gasteiger partial charge in [0.25, 0.3) is 5.56 Å². The van der Waals surface area contributed by atoms with Crippen LogP contribution >= 0.6 is 15.9 Å². The summed E-state index contributed by atoms with van der Waals surface area (Å²) in [6.45, 7) is 2.52. The van der Waals surface area contributed by atoms with Gasteiger partial charge in [-0.1, -0.05) is 29.8 Å². The molecule has 7 heteroatoms. The first kappa shape index (κ1) is 13.8. The van der Waals surface area contributed by atoms with Crippen molar-refractivity contribution in [1.29, 1.82) is 0 Å². The van der Waals surface area contributed by atoms with Crippen molar-refractivity contribution in [2.45, 2.75) is 13.5 Å². The summed E-state index contributed by atoms with van der Waals surface area (Å²) in [6.07, 6.45) is 0. The van der Waals surface area contributed by atoms with Crippen LogP contribution in [0.4, 0.5) is 0 Å². The lowest BCUT2D eigenvalue weighted by Crippen LogP contribution is -2.29. The van der Waals surface area contributed by atoms with Crippen LogP contribution in [0.15, 0.2) is 38.6 Å². The molecule has 6 nitrogen and oxygen atoms in total. The Bertz CT molecular complexity index is 952. The molecule has 0 aliphatic rings. The number of imidazole rings is 1. The van der Waals surface area contributed by atoms with E-state index in [0.717, 1.165) is 11.1 Å². The summed E-state index contributed by atoms with van der Waals surface area (Å²) in [5, 5.41) is 0. The van der Waals surface area contributed by atoms with Crippen molar-refractivity contribution in [1.82, 2.24) is 19.1 Å². The van der Waals surface area contributed by atoms with E-state index >= 15 is 0 Å².